The van der Waals surface area contributed by atoms with Crippen molar-refractivity contribution in [3.05, 3.63) is 88.5 Å². The third-order valence-corrected chi connectivity index (χ3v) is 5.71. The molecule has 188 valence electrons. The predicted octanol–water partition coefficient (Wildman–Crippen LogP) is 4.28. The van der Waals surface area contributed by atoms with Crippen molar-refractivity contribution < 1.29 is 19.0 Å². The number of nitrogens with one attached hydrogen (secondary N) is 1. The van der Waals surface area contributed by atoms with Gasteiger partial charge in [-0.2, -0.15) is 5.26 Å². The van der Waals surface area contributed by atoms with Crippen LogP contribution >= 0.6 is 0 Å². The minimum absolute atomic E-state index is 0.174. The topological polar surface area (TPSA) is 115 Å². The molecule has 1 aromatic heterocycles. The van der Waals surface area contributed by atoms with Gasteiger partial charge in [-0.1, -0.05) is 18.2 Å². The lowest BCUT2D eigenvalue weighted by Crippen LogP contribution is -2.22. The molecule has 0 spiro atoms. The fourth-order valence-electron chi connectivity index (χ4n) is 3.84. The van der Waals surface area contributed by atoms with Crippen molar-refractivity contribution in [3.8, 4) is 23.3 Å². The van der Waals surface area contributed by atoms with Crippen LogP contribution in [-0.2, 0) is 17.9 Å². The highest BCUT2D eigenvalue weighted by Crippen LogP contribution is 2.29. The van der Waals surface area contributed by atoms with E-state index in [9.17, 15) is 9.59 Å². The largest absolute Gasteiger partial charge is 0.493 e. The van der Waals surface area contributed by atoms with E-state index >= 15 is 0 Å². The summed E-state index contributed by atoms with van der Waals surface area (Å²) in [6.07, 6.45) is 2.15. The van der Waals surface area contributed by atoms with Crippen molar-refractivity contribution in [2.75, 3.05) is 19.5 Å². The van der Waals surface area contributed by atoms with Gasteiger partial charge in [-0.3, -0.25) is 14.2 Å². The number of methoxy groups -OCH3 is 2. The second-order valence-electron chi connectivity index (χ2n) is 8.25. The summed E-state index contributed by atoms with van der Waals surface area (Å²) in [7, 11) is 3.03. The van der Waals surface area contributed by atoms with Gasteiger partial charge in [0, 0.05) is 30.8 Å². The molecular weight excluding hydrogens is 472 g/mol. The van der Waals surface area contributed by atoms with Gasteiger partial charge in [0.05, 0.1) is 43.1 Å². The molecule has 0 radical (unpaired) electrons. The molecule has 0 unspecified atom stereocenters. The minimum atomic E-state index is -0.212. The van der Waals surface area contributed by atoms with Crippen LogP contribution in [0, 0.1) is 11.3 Å². The lowest BCUT2D eigenvalue weighted by atomic mass is 10.1. The Morgan fingerprint density at radius 3 is 2.62 bits per heavy atom. The first-order chi connectivity index (χ1) is 18.0. The Hall–Kier alpha value is -4.84. The molecule has 0 atom stereocenters. The van der Waals surface area contributed by atoms with E-state index in [1.807, 2.05) is 12.1 Å². The number of rotatable bonds is 10. The fraction of sp³-hybridized carbons (Fsp3) is 0.214. The van der Waals surface area contributed by atoms with Gasteiger partial charge in [0.25, 0.3) is 5.56 Å². The maximum Gasteiger partial charge on any atom is 0.261 e. The number of anilines is 1. The number of fused-ring (bicyclic) bond motifs is 1. The molecule has 4 rings (SSSR count). The summed E-state index contributed by atoms with van der Waals surface area (Å²) < 4.78 is 17.8. The molecule has 3 aromatic carbocycles. The van der Waals surface area contributed by atoms with Gasteiger partial charge in [-0.25, -0.2) is 4.98 Å². The van der Waals surface area contributed by atoms with E-state index in [-0.39, 0.29) is 17.9 Å². The normalized spacial score (nSPS) is 10.5. The van der Waals surface area contributed by atoms with E-state index in [0.29, 0.717) is 59.0 Å². The zero-order chi connectivity index (χ0) is 26.2. The summed E-state index contributed by atoms with van der Waals surface area (Å²) in [5.74, 6) is 1.37. The van der Waals surface area contributed by atoms with Crippen LogP contribution in [0.25, 0.3) is 10.9 Å². The van der Waals surface area contributed by atoms with Crippen LogP contribution in [0.2, 0.25) is 0 Å². The highest BCUT2D eigenvalue weighted by atomic mass is 16.5. The number of carbonyl (C=O) groups is 1. The maximum absolute atomic E-state index is 12.9. The molecule has 37 heavy (non-hydrogen) atoms. The second kappa shape index (κ2) is 11.7. The van der Waals surface area contributed by atoms with Crippen molar-refractivity contribution in [1.29, 1.82) is 5.26 Å². The van der Waals surface area contributed by atoms with Crippen molar-refractivity contribution in [1.82, 2.24) is 9.55 Å². The van der Waals surface area contributed by atoms with Crippen LogP contribution in [0.4, 0.5) is 5.69 Å². The molecule has 0 aliphatic rings. The molecule has 0 saturated carbocycles. The summed E-state index contributed by atoms with van der Waals surface area (Å²) in [5.41, 5.74) is 2.36. The average Bonchev–Trinajstić information content (AvgIpc) is 2.92. The zero-order valence-corrected chi connectivity index (χ0v) is 20.6. The zero-order valence-electron chi connectivity index (χ0n) is 20.6. The van der Waals surface area contributed by atoms with Crippen molar-refractivity contribution in [3.63, 3.8) is 0 Å². The Labute approximate surface area is 213 Å². The lowest BCUT2D eigenvalue weighted by molar-refractivity contribution is -0.116. The molecule has 0 bridgehead atoms. The average molecular weight is 499 g/mol. The molecule has 9 heteroatoms. The van der Waals surface area contributed by atoms with Gasteiger partial charge in [0.1, 0.15) is 12.4 Å². The molecule has 1 N–H and O–H groups in total. The molecule has 0 aliphatic heterocycles. The van der Waals surface area contributed by atoms with Crippen molar-refractivity contribution >= 4 is 22.5 Å². The standard InChI is InChI=1S/C28H26N4O5/c1-35-25-14-23-24(15-26(25)36-2)30-18-32(28(23)34)11-5-10-27(33)31-21-8-4-9-22(13-21)37-17-20-7-3-6-19(12-20)16-29/h3-4,6-9,12-15,18H,5,10-11,17H2,1-2H3,(H,31,33). The number of hydrogen-bond donors (Lipinski definition) is 1. The lowest BCUT2D eigenvalue weighted by Gasteiger charge is -2.11. The predicted molar refractivity (Wildman–Crippen MR) is 139 cm³/mol. The van der Waals surface area contributed by atoms with Crippen LogP contribution in [-0.4, -0.2) is 29.7 Å². The highest BCUT2D eigenvalue weighted by molar-refractivity contribution is 5.90. The molecule has 0 fully saturated rings. The Balaban J connectivity index is 1.32. The van der Waals surface area contributed by atoms with Crippen LogP contribution in [0.1, 0.15) is 24.0 Å². The SMILES string of the molecule is COc1cc2ncn(CCCC(=O)Nc3cccc(OCc4cccc(C#N)c4)c3)c(=O)c2cc1OC. The van der Waals surface area contributed by atoms with Gasteiger partial charge in [0.15, 0.2) is 11.5 Å². The first-order valence-corrected chi connectivity index (χ1v) is 11.6. The van der Waals surface area contributed by atoms with E-state index in [1.54, 1.807) is 48.5 Å². The van der Waals surface area contributed by atoms with Gasteiger partial charge >= 0.3 is 0 Å². The fourth-order valence-corrected chi connectivity index (χ4v) is 3.84. The Bertz CT molecular complexity index is 1520. The van der Waals surface area contributed by atoms with E-state index < -0.39 is 0 Å². The van der Waals surface area contributed by atoms with E-state index in [0.717, 1.165) is 5.56 Å². The van der Waals surface area contributed by atoms with E-state index in [2.05, 4.69) is 16.4 Å². The summed E-state index contributed by atoms with van der Waals surface area (Å²) in [4.78, 5) is 29.7. The number of aromatic nitrogens is 2. The van der Waals surface area contributed by atoms with Gasteiger partial charge in [0.2, 0.25) is 5.91 Å². The van der Waals surface area contributed by atoms with Crippen LogP contribution in [0.15, 0.2) is 71.8 Å². The highest BCUT2D eigenvalue weighted by Gasteiger charge is 2.12. The second-order valence-corrected chi connectivity index (χ2v) is 8.25. The molecule has 0 aliphatic carbocycles. The number of nitriles is 1. The first kappa shape index (κ1) is 25.3. The van der Waals surface area contributed by atoms with Gasteiger partial charge < -0.3 is 19.5 Å². The van der Waals surface area contributed by atoms with E-state index in [1.165, 1.54) is 25.1 Å². The van der Waals surface area contributed by atoms with E-state index in [4.69, 9.17) is 19.5 Å². The van der Waals surface area contributed by atoms with Crippen LogP contribution in [0.5, 0.6) is 17.2 Å². The Morgan fingerprint density at radius 2 is 1.84 bits per heavy atom. The number of ether oxygens (including phenoxy) is 3. The molecule has 9 nitrogen and oxygen atoms in total. The third kappa shape index (κ3) is 6.24. The third-order valence-electron chi connectivity index (χ3n) is 5.71. The molecular formula is C28H26N4O5. The van der Waals surface area contributed by atoms with Crippen molar-refractivity contribution in [2.24, 2.45) is 0 Å². The minimum Gasteiger partial charge on any atom is -0.493 e. The van der Waals surface area contributed by atoms with Crippen LogP contribution in [0.3, 0.4) is 0 Å². The molecule has 4 aromatic rings. The number of carbonyl (C=O) groups excluding carboxylic acids is 1. The van der Waals surface area contributed by atoms with Gasteiger partial charge in [-0.05, 0) is 42.3 Å². The quantitative estimate of drug-likeness (QED) is 0.347. The summed E-state index contributed by atoms with van der Waals surface area (Å²) >= 11 is 0. The summed E-state index contributed by atoms with van der Waals surface area (Å²) in [6, 6.07) is 19.7. The number of amides is 1. The molecule has 1 amide bonds. The number of nitrogens with zero attached hydrogens (tertiary/aromatic N) is 3. The number of benzene rings is 3. The molecule has 1 heterocycles. The van der Waals surface area contributed by atoms with Crippen LogP contribution < -0.4 is 25.1 Å². The number of aryl methyl sites for hydroxylation is 1. The van der Waals surface area contributed by atoms with Crippen molar-refractivity contribution in [2.45, 2.75) is 26.0 Å². The first-order valence-electron chi connectivity index (χ1n) is 11.6. The van der Waals surface area contributed by atoms with Gasteiger partial charge in [-0.15, -0.1) is 0 Å². The monoisotopic (exact) mass is 498 g/mol. The Kier molecular flexibility index (Phi) is 8.01. The Morgan fingerprint density at radius 1 is 1.05 bits per heavy atom. The smallest absolute Gasteiger partial charge is 0.261 e. The summed E-state index contributed by atoms with van der Waals surface area (Å²) in [6.45, 7) is 0.647. The maximum atomic E-state index is 12.9. The summed E-state index contributed by atoms with van der Waals surface area (Å²) in [5, 5.41) is 12.3. The number of hydrogen-bond acceptors (Lipinski definition) is 7. The molecule has 0 saturated heterocycles.